The van der Waals surface area contributed by atoms with Crippen molar-refractivity contribution >= 4 is 11.7 Å². The van der Waals surface area contributed by atoms with Crippen molar-refractivity contribution in [3.8, 4) is 0 Å². The number of hydrogen-bond donors (Lipinski definition) is 2. The summed E-state index contributed by atoms with van der Waals surface area (Å²) in [6.45, 7) is 2.04. The topological polar surface area (TPSA) is 85.7 Å². The van der Waals surface area contributed by atoms with Gasteiger partial charge in [0.25, 0.3) is 6.02 Å². The summed E-state index contributed by atoms with van der Waals surface area (Å²) in [5, 5.41) is 7.21. The predicted octanol–water partition coefficient (Wildman–Crippen LogP) is 4.06. The lowest BCUT2D eigenvalue weighted by molar-refractivity contribution is -0.117. The van der Waals surface area contributed by atoms with Crippen molar-refractivity contribution in [2.24, 2.45) is 10.7 Å². The van der Waals surface area contributed by atoms with Crippen LogP contribution in [0.25, 0.3) is 0 Å². The SMILES string of the molecule is CC(Nc1ccc(F)c([C@@]2(C)N=C(N)OCC2(F)F)c1)c1cc(C2CC2)on1. The van der Waals surface area contributed by atoms with Crippen LogP contribution in [0.4, 0.5) is 18.9 Å². The molecule has 2 aromatic rings. The van der Waals surface area contributed by atoms with Crippen LogP contribution in [-0.4, -0.2) is 23.7 Å². The van der Waals surface area contributed by atoms with Gasteiger partial charge in [-0.15, -0.1) is 0 Å². The van der Waals surface area contributed by atoms with Gasteiger partial charge in [-0.05, 0) is 44.9 Å². The van der Waals surface area contributed by atoms with E-state index in [1.54, 1.807) is 0 Å². The van der Waals surface area contributed by atoms with Gasteiger partial charge in [0.15, 0.2) is 12.1 Å². The number of anilines is 1. The summed E-state index contributed by atoms with van der Waals surface area (Å²) in [4.78, 5) is 3.73. The minimum absolute atomic E-state index is 0.258. The molecule has 1 aliphatic carbocycles. The Morgan fingerprint density at radius 2 is 2.04 bits per heavy atom. The van der Waals surface area contributed by atoms with Crippen LogP contribution in [0.2, 0.25) is 0 Å². The predicted molar refractivity (Wildman–Crippen MR) is 96.8 cm³/mol. The van der Waals surface area contributed by atoms with E-state index in [0.717, 1.165) is 31.6 Å². The van der Waals surface area contributed by atoms with E-state index in [1.807, 2.05) is 13.0 Å². The molecule has 28 heavy (non-hydrogen) atoms. The highest BCUT2D eigenvalue weighted by atomic mass is 19.3. The second-order valence-corrected chi connectivity index (χ2v) is 7.50. The first-order valence-corrected chi connectivity index (χ1v) is 9.08. The molecule has 0 amide bonds. The van der Waals surface area contributed by atoms with Gasteiger partial charge in [0.05, 0.1) is 6.04 Å². The Morgan fingerprint density at radius 3 is 2.75 bits per heavy atom. The van der Waals surface area contributed by atoms with Crippen LogP contribution >= 0.6 is 0 Å². The summed E-state index contributed by atoms with van der Waals surface area (Å²) in [5.74, 6) is -2.93. The Balaban J connectivity index is 1.62. The molecule has 2 aliphatic rings. The van der Waals surface area contributed by atoms with E-state index >= 15 is 0 Å². The molecule has 1 unspecified atom stereocenters. The Kier molecular flexibility index (Phi) is 4.28. The number of hydrogen-bond acceptors (Lipinski definition) is 6. The molecule has 3 N–H and O–H groups in total. The molecular formula is C19H21F3N4O2. The van der Waals surface area contributed by atoms with E-state index in [-0.39, 0.29) is 11.6 Å². The Morgan fingerprint density at radius 1 is 1.29 bits per heavy atom. The number of alkyl halides is 2. The van der Waals surface area contributed by atoms with E-state index in [1.165, 1.54) is 12.1 Å². The third kappa shape index (κ3) is 3.18. The van der Waals surface area contributed by atoms with Crippen molar-refractivity contribution in [2.45, 2.75) is 50.1 Å². The van der Waals surface area contributed by atoms with Gasteiger partial charge in [0.2, 0.25) is 0 Å². The van der Waals surface area contributed by atoms with Crippen LogP contribution in [0, 0.1) is 5.82 Å². The first-order chi connectivity index (χ1) is 13.2. The highest BCUT2D eigenvalue weighted by Crippen LogP contribution is 2.45. The molecule has 1 fully saturated rings. The molecule has 4 rings (SSSR count). The third-order valence-electron chi connectivity index (χ3n) is 5.29. The third-order valence-corrected chi connectivity index (χ3v) is 5.29. The fourth-order valence-corrected chi connectivity index (χ4v) is 3.28. The van der Waals surface area contributed by atoms with Crippen LogP contribution in [-0.2, 0) is 10.3 Å². The summed E-state index contributed by atoms with van der Waals surface area (Å²) in [7, 11) is 0. The molecule has 1 saturated carbocycles. The molecule has 2 atom stereocenters. The lowest BCUT2D eigenvalue weighted by atomic mass is 9.85. The van der Waals surface area contributed by atoms with Crippen LogP contribution in [0.3, 0.4) is 0 Å². The number of ether oxygens (including phenoxy) is 1. The van der Waals surface area contributed by atoms with E-state index in [2.05, 4.69) is 20.2 Å². The molecular weight excluding hydrogens is 373 g/mol. The molecule has 2 heterocycles. The Hall–Kier alpha value is -2.71. The standard InChI is InChI=1S/C19H21F3N4O2/c1-10(15-8-16(28-26-15)11-3-4-11)24-12-5-6-14(20)13(7-12)18(2)19(21,22)9-27-17(23)25-18/h5-8,10-11,24H,3-4,9H2,1-2H3,(H2,23,25)/t10?,18-/m1/s1. The second-order valence-electron chi connectivity index (χ2n) is 7.50. The maximum absolute atomic E-state index is 14.5. The summed E-state index contributed by atoms with van der Waals surface area (Å²) in [6.07, 6.45) is 2.19. The van der Waals surface area contributed by atoms with Gasteiger partial charge in [-0.1, -0.05) is 5.16 Å². The van der Waals surface area contributed by atoms with Crippen LogP contribution in [0.1, 0.15) is 55.7 Å². The molecule has 1 aliphatic heterocycles. The largest absolute Gasteiger partial charge is 0.459 e. The van der Waals surface area contributed by atoms with Crippen LogP contribution in [0.5, 0.6) is 0 Å². The summed E-state index contributed by atoms with van der Waals surface area (Å²) >= 11 is 0. The van der Waals surface area contributed by atoms with Crippen molar-refractivity contribution < 1.29 is 22.4 Å². The maximum Gasteiger partial charge on any atom is 0.310 e. The number of aliphatic imine (C=N–C) groups is 1. The van der Waals surface area contributed by atoms with Crippen molar-refractivity contribution in [3.63, 3.8) is 0 Å². The van der Waals surface area contributed by atoms with Gasteiger partial charge in [0, 0.05) is 23.2 Å². The van der Waals surface area contributed by atoms with Crippen molar-refractivity contribution in [2.75, 3.05) is 11.9 Å². The van der Waals surface area contributed by atoms with E-state index in [4.69, 9.17) is 10.3 Å². The number of amidine groups is 1. The number of benzene rings is 1. The summed E-state index contributed by atoms with van der Waals surface area (Å²) in [6, 6.07) is 5.17. The van der Waals surface area contributed by atoms with Gasteiger partial charge in [-0.2, -0.15) is 8.78 Å². The number of nitrogens with two attached hydrogens (primary N) is 1. The van der Waals surface area contributed by atoms with Gasteiger partial charge >= 0.3 is 5.92 Å². The number of nitrogens with zero attached hydrogens (tertiary/aromatic N) is 2. The van der Waals surface area contributed by atoms with E-state index in [9.17, 15) is 13.2 Å². The number of aromatic nitrogens is 1. The van der Waals surface area contributed by atoms with E-state index in [0.29, 0.717) is 17.3 Å². The quantitative estimate of drug-likeness (QED) is 0.799. The van der Waals surface area contributed by atoms with Crippen LogP contribution < -0.4 is 11.1 Å². The molecule has 150 valence electrons. The minimum atomic E-state index is -3.42. The maximum atomic E-state index is 14.5. The molecule has 0 bridgehead atoms. The monoisotopic (exact) mass is 394 g/mol. The van der Waals surface area contributed by atoms with E-state index < -0.39 is 29.9 Å². The highest BCUT2D eigenvalue weighted by molar-refractivity contribution is 5.73. The average molecular weight is 394 g/mol. The van der Waals surface area contributed by atoms with Gasteiger partial charge in [-0.25, -0.2) is 9.38 Å². The first-order valence-electron chi connectivity index (χ1n) is 9.08. The van der Waals surface area contributed by atoms with Crippen molar-refractivity contribution in [3.05, 3.63) is 47.1 Å². The summed E-state index contributed by atoms with van der Waals surface area (Å²) in [5.41, 5.74) is 4.19. The first kappa shape index (κ1) is 18.6. The number of nitrogens with one attached hydrogen (secondary N) is 1. The smallest absolute Gasteiger partial charge is 0.310 e. The zero-order valence-corrected chi connectivity index (χ0v) is 15.5. The zero-order chi connectivity index (χ0) is 20.1. The lowest BCUT2D eigenvalue weighted by Gasteiger charge is -2.37. The number of rotatable bonds is 5. The van der Waals surface area contributed by atoms with Gasteiger partial charge in [-0.3, -0.25) is 0 Å². The zero-order valence-electron chi connectivity index (χ0n) is 15.5. The highest BCUT2D eigenvalue weighted by Gasteiger charge is 2.56. The molecule has 0 radical (unpaired) electrons. The van der Waals surface area contributed by atoms with Crippen LogP contribution in [0.15, 0.2) is 33.8 Å². The molecule has 6 nitrogen and oxygen atoms in total. The lowest BCUT2D eigenvalue weighted by Crippen LogP contribution is -2.51. The fourth-order valence-electron chi connectivity index (χ4n) is 3.28. The molecule has 1 aromatic heterocycles. The second kappa shape index (κ2) is 6.42. The fraction of sp³-hybridized carbons (Fsp3) is 0.474. The molecule has 1 aromatic carbocycles. The minimum Gasteiger partial charge on any atom is -0.459 e. The number of halogens is 3. The molecule has 0 spiro atoms. The average Bonchev–Trinajstić information content (AvgIpc) is 3.37. The van der Waals surface area contributed by atoms with Crippen molar-refractivity contribution in [1.29, 1.82) is 0 Å². The Bertz CT molecular complexity index is 926. The summed E-state index contributed by atoms with van der Waals surface area (Å²) < 4.78 is 53.6. The van der Waals surface area contributed by atoms with Gasteiger partial charge < -0.3 is 20.3 Å². The molecule has 9 heteroatoms. The van der Waals surface area contributed by atoms with Crippen molar-refractivity contribution in [1.82, 2.24) is 5.16 Å². The van der Waals surface area contributed by atoms with Gasteiger partial charge in [0.1, 0.15) is 17.3 Å². The normalized spacial score (nSPS) is 25.0. The molecule has 0 saturated heterocycles. The Labute approximate surface area is 159 Å².